The number of Topliss-reactive ketones (excluding diaryl/α,β-unsaturated/α-hetero) is 1. The number of hydrogen-bond acceptors (Lipinski definition) is 2. The molecule has 3 aromatic rings. The summed E-state index contributed by atoms with van der Waals surface area (Å²) in [5, 5.41) is 5.75. The normalized spacial score (nSPS) is 9.91. The molecule has 3 aromatic carbocycles. The molecule has 0 saturated carbocycles. The van der Waals surface area contributed by atoms with Crippen LogP contribution in [0.2, 0.25) is 10.0 Å². The second-order valence-electron chi connectivity index (χ2n) is 8.06. The molecule has 3 rings (SSSR count). The van der Waals surface area contributed by atoms with Gasteiger partial charge in [0.15, 0.2) is 0 Å². The zero-order valence-corrected chi connectivity index (χ0v) is 24.3. The Hall–Kier alpha value is -1.52. The van der Waals surface area contributed by atoms with Crippen LogP contribution in [0.5, 0.6) is 0 Å². The quantitative estimate of drug-likeness (QED) is 0.292. The van der Waals surface area contributed by atoms with E-state index in [-0.39, 0.29) is 5.78 Å². The molecule has 0 unspecified atom stereocenters. The van der Waals surface area contributed by atoms with Crippen molar-refractivity contribution in [2.75, 3.05) is 5.32 Å². The van der Waals surface area contributed by atoms with E-state index in [1.54, 1.807) is 6.92 Å². The maximum absolute atomic E-state index is 10.0. The third kappa shape index (κ3) is 11.3. The first-order chi connectivity index (χ1) is 16.1. The highest BCUT2D eigenvalue weighted by Crippen LogP contribution is 2.26. The maximum atomic E-state index is 10.0. The lowest BCUT2D eigenvalue weighted by Crippen LogP contribution is -1.94. The topological polar surface area (TPSA) is 29.1 Å². The van der Waals surface area contributed by atoms with Gasteiger partial charge in [-0.15, -0.1) is 11.6 Å². The molecule has 184 valence electrons. The summed E-state index contributed by atoms with van der Waals surface area (Å²) in [5.41, 5.74) is 7.92. The number of rotatable bonds is 6. The molecule has 0 aliphatic heterocycles. The van der Waals surface area contributed by atoms with E-state index in [0.717, 1.165) is 45.7 Å². The van der Waals surface area contributed by atoms with Crippen molar-refractivity contribution in [3.8, 4) is 0 Å². The standard InChI is InChI=1S/C15H15Cl2N.C8H8BrCl.C5H10O/c1-10-3-6-15(11(2)7-10)18-13-4-5-14(17)12(8-13)9-16;1-6-2-3-8(10)7(4-6)5-9;1-3-4-5(2)6/h3-8,18H,9H2,1-2H3;2-4H,5H2,1H3;3-4H2,1-2H3. The van der Waals surface area contributed by atoms with Gasteiger partial charge in [-0.25, -0.2) is 0 Å². The van der Waals surface area contributed by atoms with Crippen LogP contribution in [-0.4, -0.2) is 5.78 Å². The van der Waals surface area contributed by atoms with Gasteiger partial charge in [-0.1, -0.05) is 81.4 Å². The van der Waals surface area contributed by atoms with Crippen LogP contribution in [0.1, 0.15) is 54.5 Å². The predicted octanol–water partition coefficient (Wildman–Crippen LogP) is 10.4. The number of carbonyl (C=O) groups is 1. The van der Waals surface area contributed by atoms with Crippen LogP contribution in [0.15, 0.2) is 54.6 Å². The molecule has 0 saturated heterocycles. The highest BCUT2D eigenvalue weighted by atomic mass is 79.9. The van der Waals surface area contributed by atoms with Gasteiger partial charge in [0.05, 0.1) is 0 Å². The van der Waals surface area contributed by atoms with Crippen molar-refractivity contribution in [3.05, 3.63) is 92.5 Å². The second-order valence-corrected chi connectivity index (χ2v) is 9.71. The van der Waals surface area contributed by atoms with E-state index < -0.39 is 0 Å². The van der Waals surface area contributed by atoms with Crippen molar-refractivity contribution < 1.29 is 4.79 Å². The van der Waals surface area contributed by atoms with E-state index in [0.29, 0.717) is 10.9 Å². The lowest BCUT2D eigenvalue weighted by atomic mass is 10.1. The van der Waals surface area contributed by atoms with E-state index in [1.807, 2.05) is 37.3 Å². The van der Waals surface area contributed by atoms with Crippen molar-refractivity contribution in [3.63, 3.8) is 0 Å². The summed E-state index contributed by atoms with van der Waals surface area (Å²) in [4.78, 5) is 10.0. The van der Waals surface area contributed by atoms with Gasteiger partial charge >= 0.3 is 0 Å². The van der Waals surface area contributed by atoms with E-state index in [9.17, 15) is 4.79 Å². The molecule has 0 aromatic heterocycles. The van der Waals surface area contributed by atoms with Gasteiger partial charge in [-0.2, -0.15) is 0 Å². The number of carbonyl (C=O) groups excluding carboxylic acids is 1. The van der Waals surface area contributed by atoms with Crippen molar-refractivity contribution in [2.24, 2.45) is 0 Å². The second kappa shape index (κ2) is 16.2. The van der Waals surface area contributed by atoms with Gasteiger partial charge in [0.25, 0.3) is 0 Å². The predicted molar refractivity (Wildman–Crippen MR) is 155 cm³/mol. The summed E-state index contributed by atoms with van der Waals surface area (Å²) < 4.78 is 0. The van der Waals surface area contributed by atoms with Crippen LogP contribution in [0.25, 0.3) is 0 Å². The van der Waals surface area contributed by atoms with Crippen molar-refractivity contribution in [2.45, 2.75) is 58.7 Å². The monoisotopic (exact) mass is 583 g/mol. The molecule has 6 heteroatoms. The fraction of sp³-hybridized carbons (Fsp3) is 0.321. The van der Waals surface area contributed by atoms with Crippen molar-refractivity contribution in [1.29, 1.82) is 0 Å². The smallest absolute Gasteiger partial charge is 0.129 e. The Morgan fingerprint density at radius 3 is 1.97 bits per heavy atom. The SMILES string of the molecule is CCCC(C)=O.Cc1ccc(Cl)c(CBr)c1.Cc1ccc(Nc2ccc(Cl)c(CCl)c2)c(C)c1. The van der Waals surface area contributed by atoms with Crippen molar-refractivity contribution >= 4 is 67.9 Å². The van der Waals surface area contributed by atoms with Gasteiger partial charge in [0, 0.05) is 39.1 Å². The molecular weight excluding hydrogens is 553 g/mol. The zero-order valence-electron chi connectivity index (χ0n) is 20.4. The molecule has 1 N–H and O–H groups in total. The van der Waals surface area contributed by atoms with Gasteiger partial charge in [-0.3, -0.25) is 0 Å². The molecule has 2 nitrogen and oxygen atoms in total. The molecule has 0 spiro atoms. The Balaban J connectivity index is 0.000000303. The highest BCUT2D eigenvalue weighted by molar-refractivity contribution is 9.08. The molecular formula is C28H33BrCl3NO. The largest absolute Gasteiger partial charge is 0.355 e. The summed E-state index contributed by atoms with van der Waals surface area (Å²) in [6, 6.07) is 18.1. The summed E-state index contributed by atoms with van der Waals surface area (Å²) >= 11 is 21.1. The van der Waals surface area contributed by atoms with Crippen LogP contribution in [0, 0.1) is 20.8 Å². The summed E-state index contributed by atoms with van der Waals surface area (Å²) in [6.07, 6.45) is 1.72. The summed E-state index contributed by atoms with van der Waals surface area (Å²) in [7, 11) is 0. The van der Waals surface area contributed by atoms with Crippen LogP contribution in [0.3, 0.4) is 0 Å². The van der Waals surface area contributed by atoms with Crippen LogP contribution in [0.4, 0.5) is 11.4 Å². The van der Waals surface area contributed by atoms with Gasteiger partial charge < -0.3 is 10.1 Å². The molecule has 0 amide bonds. The van der Waals surface area contributed by atoms with Gasteiger partial charge in [0.2, 0.25) is 0 Å². The molecule has 0 heterocycles. The van der Waals surface area contributed by atoms with Crippen LogP contribution < -0.4 is 5.32 Å². The Morgan fingerprint density at radius 1 is 0.882 bits per heavy atom. The highest BCUT2D eigenvalue weighted by Gasteiger charge is 2.03. The number of ketones is 1. The first-order valence-corrected chi connectivity index (χ1v) is 13.5. The van der Waals surface area contributed by atoms with Gasteiger partial charge in [-0.05, 0) is 81.1 Å². The Kier molecular flexibility index (Phi) is 14.5. The average molecular weight is 586 g/mol. The molecule has 0 bridgehead atoms. The third-order valence-corrected chi connectivity index (χ3v) is 6.43. The number of aryl methyl sites for hydroxylation is 3. The van der Waals surface area contributed by atoms with Gasteiger partial charge in [0.1, 0.15) is 5.78 Å². The maximum Gasteiger partial charge on any atom is 0.129 e. The zero-order chi connectivity index (χ0) is 25.7. The van der Waals surface area contributed by atoms with E-state index in [1.165, 1.54) is 16.7 Å². The molecule has 0 atom stereocenters. The number of benzene rings is 3. The molecule has 0 aliphatic carbocycles. The van der Waals surface area contributed by atoms with E-state index in [4.69, 9.17) is 34.8 Å². The number of nitrogens with one attached hydrogen (secondary N) is 1. The molecule has 0 radical (unpaired) electrons. The van der Waals surface area contributed by atoms with E-state index in [2.05, 4.69) is 66.3 Å². The minimum Gasteiger partial charge on any atom is -0.355 e. The molecule has 0 aliphatic rings. The van der Waals surface area contributed by atoms with Crippen LogP contribution in [-0.2, 0) is 16.0 Å². The first kappa shape index (κ1) is 30.5. The minimum absolute atomic E-state index is 0.289. The van der Waals surface area contributed by atoms with Crippen molar-refractivity contribution in [1.82, 2.24) is 0 Å². The fourth-order valence-corrected chi connectivity index (χ4v) is 4.31. The Labute approximate surface area is 228 Å². The number of hydrogen-bond donors (Lipinski definition) is 1. The molecule has 0 fully saturated rings. The van der Waals surface area contributed by atoms with E-state index >= 15 is 0 Å². The first-order valence-electron chi connectivity index (χ1n) is 11.1. The number of alkyl halides is 2. The fourth-order valence-electron chi connectivity index (χ4n) is 3.02. The van der Waals surface area contributed by atoms with Crippen LogP contribution >= 0.6 is 50.7 Å². The Morgan fingerprint density at radius 2 is 1.47 bits per heavy atom. The number of halogens is 4. The lowest BCUT2D eigenvalue weighted by molar-refractivity contribution is -0.117. The summed E-state index contributed by atoms with van der Waals surface area (Å²) in [5.74, 6) is 0.707. The lowest BCUT2D eigenvalue weighted by Gasteiger charge is -2.11. The minimum atomic E-state index is 0.289. The summed E-state index contributed by atoms with van der Waals surface area (Å²) in [6.45, 7) is 9.85. The average Bonchev–Trinajstić information content (AvgIpc) is 2.79. The molecule has 34 heavy (non-hydrogen) atoms. The Bertz CT molecular complexity index is 1070. The number of anilines is 2. The third-order valence-electron chi connectivity index (χ3n) is 4.80.